The molecule has 2 nitrogen and oxygen atoms in total. The molecular weight excluding hydrogens is 383 g/mol. The van der Waals surface area contributed by atoms with Crippen LogP contribution in [0.5, 0.6) is 0 Å². The summed E-state index contributed by atoms with van der Waals surface area (Å²) >= 11 is 0. The van der Waals surface area contributed by atoms with Crippen molar-refractivity contribution < 1.29 is 4.39 Å². The van der Waals surface area contributed by atoms with E-state index in [1.54, 1.807) is 6.07 Å². The lowest BCUT2D eigenvalue weighted by Crippen LogP contribution is -2.15. The fourth-order valence-corrected chi connectivity index (χ4v) is 5.06. The summed E-state index contributed by atoms with van der Waals surface area (Å²) < 4.78 is 14.7. The van der Waals surface area contributed by atoms with Crippen molar-refractivity contribution >= 4 is 0 Å². The van der Waals surface area contributed by atoms with Crippen molar-refractivity contribution in [3.05, 3.63) is 47.4 Å². The van der Waals surface area contributed by atoms with Crippen molar-refractivity contribution in [1.82, 2.24) is 10.2 Å². The number of hydrogen-bond donors (Lipinski definition) is 0. The van der Waals surface area contributed by atoms with E-state index in [1.807, 2.05) is 24.3 Å². The SMILES string of the molecule is CCCCCCCc1ccc(-c2ccc(CCC3CCC(CCC)CC3)nn2)c(F)c1. The molecule has 0 atom stereocenters. The van der Waals surface area contributed by atoms with Gasteiger partial charge in [-0.15, -0.1) is 0 Å². The Morgan fingerprint density at radius 3 is 2.16 bits per heavy atom. The predicted octanol–water partition coefficient (Wildman–Crippen LogP) is 8.33. The Kier molecular flexibility index (Phi) is 9.96. The monoisotopic (exact) mass is 424 g/mol. The van der Waals surface area contributed by atoms with Gasteiger partial charge in [-0.1, -0.05) is 84.1 Å². The number of nitrogens with zero attached hydrogens (tertiary/aromatic N) is 2. The van der Waals surface area contributed by atoms with Gasteiger partial charge in [-0.05, 0) is 67.3 Å². The van der Waals surface area contributed by atoms with E-state index in [9.17, 15) is 4.39 Å². The van der Waals surface area contributed by atoms with Crippen molar-refractivity contribution in [3.8, 4) is 11.3 Å². The maximum absolute atomic E-state index is 14.7. The Morgan fingerprint density at radius 1 is 0.774 bits per heavy atom. The lowest BCUT2D eigenvalue weighted by Gasteiger charge is -2.28. The van der Waals surface area contributed by atoms with E-state index in [2.05, 4.69) is 24.0 Å². The van der Waals surface area contributed by atoms with Crippen molar-refractivity contribution in [1.29, 1.82) is 0 Å². The van der Waals surface area contributed by atoms with E-state index in [-0.39, 0.29) is 5.82 Å². The second-order valence-corrected chi connectivity index (χ2v) is 9.60. The van der Waals surface area contributed by atoms with Gasteiger partial charge in [0, 0.05) is 5.56 Å². The normalized spacial score (nSPS) is 18.9. The first kappa shape index (κ1) is 23.9. The smallest absolute Gasteiger partial charge is 0.132 e. The fraction of sp³-hybridized carbons (Fsp3) is 0.643. The first-order valence-electron chi connectivity index (χ1n) is 12.8. The molecule has 1 aromatic carbocycles. The molecule has 2 aromatic rings. The Hall–Kier alpha value is -1.77. The molecule has 0 spiro atoms. The zero-order chi connectivity index (χ0) is 21.9. The Balaban J connectivity index is 1.47. The standard InChI is InChI=1S/C28H41FN2/c1-3-5-6-7-8-10-24-16-19-26(27(29)21-24)28-20-18-25(30-31-28)17-15-23-13-11-22(9-4-2)12-14-23/h16,18-23H,3-15,17H2,1-2H3. The quantitative estimate of drug-likeness (QED) is 0.320. The minimum atomic E-state index is -0.183. The summed E-state index contributed by atoms with van der Waals surface area (Å²) in [7, 11) is 0. The highest BCUT2D eigenvalue weighted by molar-refractivity contribution is 5.59. The van der Waals surface area contributed by atoms with Gasteiger partial charge in [0.15, 0.2) is 0 Å². The van der Waals surface area contributed by atoms with E-state index < -0.39 is 0 Å². The third kappa shape index (κ3) is 7.70. The molecular formula is C28H41FN2. The van der Waals surface area contributed by atoms with Crippen LogP contribution in [-0.2, 0) is 12.8 Å². The molecule has 0 saturated heterocycles. The summed E-state index contributed by atoms with van der Waals surface area (Å²) in [5, 5.41) is 8.75. The summed E-state index contributed by atoms with van der Waals surface area (Å²) in [5.74, 6) is 1.61. The third-order valence-electron chi connectivity index (χ3n) is 7.07. The molecule has 1 heterocycles. The summed E-state index contributed by atoms with van der Waals surface area (Å²) in [6.45, 7) is 4.52. The summed E-state index contributed by atoms with van der Waals surface area (Å²) in [5.41, 5.74) is 3.30. The van der Waals surface area contributed by atoms with Gasteiger partial charge in [0.25, 0.3) is 0 Å². The molecule has 0 unspecified atom stereocenters. The van der Waals surface area contributed by atoms with Crippen LogP contribution >= 0.6 is 0 Å². The molecule has 0 bridgehead atoms. The molecule has 31 heavy (non-hydrogen) atoms. The third-order valence-corrected chi connectivity index (χ3v) is 7.07. The molecule has 0 N–H and O–H groups in total. The van der Waals surface area contributed by atoms with E-state index in [0.717, 1.165) is 42.4 Å². The summed E-state index contributed by atoms with van der Waals surface area (Å²) in [6, 6.07) is 9.56. The molecule has 0 radical (unpaired) electrons. The van der Waals surface area contributed by atoms with E-state index >= 15 is 0 Å². The Bertz CT molecular complexity index is 763. The van der Waals surface area contributed by atoms with E-state index in [4.69, 9.17) is 0 Å². The number of rotatable bonds is 12. The molecule has 1 aromatic heterocycles. The number of aryl methyl sites for hydroxylation is 2. The lowest BCUT2D eigenvalue weighted by molar-refractivity contribution is 0.252. The van der Waals surface area contributed by atoms with Crippen LogP contribution in [0.15, 0.2) is 30.3 Å². The molecule has 3 heteroatoms. The number of hydrogen-bond acceptors (Lipinski definition) is 2. The average molecular weight is 425 g/mol. The van der Waals surface area contributed by atoms with Gasteiger partial charge in [0.2, 0.25) is 0 Å². The molecule has 1 aliphatic carbocycles. The van der Waals surface area contributed by atoms with Crippen molar-refractivity contribution in [3.63, 3.8) is 0 Å². The first-order valence-corrected chi connectivity index (χ1v) is 12.8. The van der Waals surface area contributed by atoms with Crippen molar-refractivity contribution in [2.75, 3.05) is 0 Å². The fourth-order valence-electron chi connectivity index (χ4n) is 5.06. The number of halogens is 1. The van der Waals surface area contributed by atoms with Gasteiger partial charge in [0.05, 0.1) is 11.4 Å². The second-order valence-electron chi connectivity index (χ2n) is 9.60. The Labute approximate surface area is 189 Å². The maximum Gasteiger partial charge on any atom is 0.132 e. The molecule has 0 amide bonds. The van der Waals surface area contributed by atoms with Gasteiger partial charge in [0.1, 0.15) is 5.82 Å². The van der Waals surface area contributed by atoms with Crippen LogP contribution in [0.3, 0.4) is 0 Å². The van der Waals surface area contributed by atoms with Gasteiger partial charge in [-0.3, -0.25) is 0 Å². The molecule has 1 saturated carbocycles. The summed E-state index contributed by atoms with van der Waals surface area (Å²) in [6.07, 6.45) is 17.6. The van der Waals surface area contributed by atoms with Crippen LogP contribution in [0.25, 0.3) is 11.3 Å². The van der Waals surface area contributed by atoms with E-state index in [0.29, 0.717) is 11.3 Å². The van der Waals surface area contributed by atoms with Gasteiger partial charge in [-0.25, -0.2) is 4.39 Å². The predicted molar refractivity (Wildman–Crippen MR) is 129 cm³/mol. The van der Waals surface area contributed by atoms with Crippen LogP contribution in [0.1, 0.15) is 102 Å². The average Bonchev–Trinajstić information content (AvgIpc) is 2.79. The molecule has 0 aliphatic heterocycles. The van der Waals surface area contributed by atoms with E-state index in [1.165, 1.54) is 70.6 Å². The molecule has 170 valence electrons. The van der Waals surface area contributed by atoms with Gasteiger partial charge < -0.3 is 0 Å². The summed E-state index contributed by atoms with van der Waals surface area (Å²) in [4.78, 5) is 0. The van der Waals surface area contributed by atoms with Crippen molar-refractivity contribution in [2.45, 2.75) is 104 Å². The molecule has 1 aliphatic rings. The van der Waals surface area contributed by atoms with Crippen LogP contribution in [0.4, 0.5) is 4.39 Å². The highest BCUT2D eigenvalue weighted by Crippen LogP contribution is 2.33. The number of aromatic nitrogens is 2. The topological polar surface area (TPSA) is 25.8 Å². The second kappa shape index (κ2) is 12.9. The minimum Gasteiger partial charge on any atom is -0.206 e. The van der Waals surface area contributed by atoms with Crippen LogP contribution in [0.2, 0.25) is 0 Å². The lowest BCUT2D eigenvalue weighted by atomic mass is 9.78. The highest BCUT2D eigenvalue weighted by atomic mass is 19.1. The van der Waals surface area contributed by atoms with Crippen LogP contribution in [-0.4, -0.2) is 10.2 Å². The zero-order valence-electron chi connectivity index (χ0n) is 19.7. The number of unbranched alkanes of at least 4 members (excludes halogenated alkanes) is 4. The Morgan fingerprint density at radius 2 is 1.52 bits per heavy atom. The van der Waals surface area contributed by atoms with Crippen LogP contribution in [0, 0.1) is 17.7 Å². The van der Waals surface area contributed by atoms with Crippen LogP contribution < -0.4 is 0 Å². The minimum absolute atomic E-state index is 0.183. The van der Waals surface area contributed by atoms with Crippen molar-refractivity contribution in [2.24, 2.45) is 11.8 Å². The first-order chi connectivity index (χ1) is 15.2. The number of benzene rings is 1. The zero-order valence-corrected chi connectivity index (χ0v) is 19.7. The largest absolute Gasteiger partial charge is 0.206 e. The maximum atomic E-state index is 14.7. The van der Waals surface area contributed by atoms with Gasteiger partial charge >= 0.3 is 0 Å². The molecule has 3 rings (SSSR count). The molecule has 1 fully saturated rings. The van der Waals surface area contributed by atoms with Gasteiger partial charge in [-0.2, -0.15) is 10.2 Å². The highest BCUT2D eigenvalue weighted by Gasteiger charge is 2.20.